The van der Waals surface area contributed by atoms with Crippen LogP contribution in [0.1, 0.15) is 43.4 Å². The van der Waals surface area contributed by atoms with Gasteiger partial charge in [-0.15, -0.1) is 0 Å². The van der Waals surface area contributed by atoms with Crippen molar-refractivity contribution in [2.45, 2.75) is 45.7 Å². The van der Waals surface area contributed by atoms with Gasteiger partial charge in [0.2, 0.25) is 5.88 Å². The second-order valence-corrected chi connectivity index (χ2v) is 8.96. The Balaban J connectivity index is 1.31. The molecule has 1 amide bonds. The van der Waals surface area contributed by atoms with Gasteiger partial charge in [-0.05, 0) is 6.07 Å². The minimum atomic E-state index is -0.0984. The Morgan fingerprint density at radius 3 is 2.53 bits per heavy atom. The molecule has 0 saturated carbocycles. The molecule has 30 heavy (non-hydrogen) atoms. The molecular weight excluding hydrogens is 384 g/mol. The molecule has 2 aromatic rings. The maximum absolute atomic E-state index is 12.8. The molecular formula is C21H30N6O3. The number of ether oxygens (including phenoxy) is 1. The van der Waals surface area contributed by atoms with Gasteiger partial charge in [-0.25, -0.2) is 9.36 Å². The fraction of sp³-hybridized carbons (Fsp3) is 0.619. The van der Waals surface area contributed by atoms with Crippen LogP contribution in [-0.4, -0.2) is 74.6 Å². The van der Waals surface area contributed by atoms with Gasteiger partial charge >= 0.3 is 0 Å². The lowest BCUT2D eigenvalue weighted by atomic mass is 9.92. The van der Waals surface area contributed by atoms with E-state index in [4.69, 9.17) is 4.74 Å². The molecule has 0 atom stereocenters. The summed E-state index contributed by atoms with van der Waals surface area (Å²) in [5.74, 6) is 0.634. The third-order valence-corrected chi connectivity index (χ3v) is 5.65. The molecule has 2 aliphatic heterocycles. The van der Waals surface area contributed by atoms with Gasteiger partial charge in [0, 0.05) is 63.2 Å². The van der Waals surface area contributed by atoms with Crippen molar-refractivity contribution in [3.05, 3.63) is 39.9 Å². The molecule has 9 heteroatoms. The van der Waals surface area contributed by atoms with Gasteiger partial charge < -0.3 is 9.64 Å². The van der Waals surface area contributed by atoms with E-state index in [2.05, 4.69) is 35.9 Å². The van der Waals surface area contributed by atoms with Crippen molar-refractivity contribution in [3.63, 3.8) is 0 Å². The summed E-state index contributed by atoms with van der Waals surface area (Å²) in [7, 11) is 0. The summed E-state index contributed by atoms with van der Waals surface area (Å²) in [5, 5.41) is 8.93. The van der Waals surface area contributed by atoms with Crippen LogP contribution in [0, 0.1) is 0 Å². The van der Waals surface area contributed by atoms with Gasteiger partial charge in [-0.2, -0.15) is 10.2 Å². The van der Waals surface area contributed by atoms with E-state index in [1.807, 2.05) is 11.0 Å². The van der Waals surface area contributed by atoms with Crippen LogP contribution in [0.3, 0.4) is 0 Å². The molecule has 0 aromatic carbocycles. The highest BCUT2D eigenvalue weighted by Gasteiger charge is 2.26. The molecule has 1 fully saturated rings. The van der Waals surface area contributed by atoms with E-state index in [0.29, 0.717) is 37.8 Å². The van der Waals surface area contributed by atoms with Crippen molar-refractivity contribution in [1.82, 2.24) is 29.4 Å². The SMILES string of the molecule is CC(C)(C)c1ccc(=O)n(CCN2CCN(C(=O)c3cc4n(n3)CCCO4)CC2)n1. The van der Waals surface area contributed by atoms with E-state index in [1.165, 1.54) is 0 Å². The number of nitrogens with zero attached hydrogens (tertiary/aromatic N) is 6. The van der Waals surface area contributed by atoms with Crippen molar-refractivity contribution < 1.29 is 9.53 Å². The molecule has 0 bridgehead atoms. The van der Waals surface area contributed by atoms with Crippen LogP contribution in [0.25, 0.3) is 0 Å². The number of aryl methyl sites for hydroxylation is 1. The molecule has 2 aliphatic rings. The minimum absolute atomic E-state index is 0.0454. The van der Waals surface area contributed by atoms with Crippen molar-refractivity contribution in [2.24, 2.45) is 0 Å². The van der Waals surface area contributed by atoms with Crippen LogP contribution in [0.5, 0.6) is 5.88 Å². The zero-order valence-corrected chi connectivity index (χ0v) is 18.0. The van der Waals surface area contributed by atoms with Gasteiger partial charge in [-0.1, -0.05) is 20.8 Å². The summed E-state index contributed by atoms with van der Waals surface area (Å²) >= 11 is 0. The number of amides is 1. The third-order valence-electron chi connectivity index (χ3n) is 5.65. The molecule has 4 heterocycles. The normalized spacial score (nSPS) is 17.5. The Morgan fingerprint density at radius 1 is 1.07 bits per heavy atom. The van der Waals surface area contributed by atoms with Crippen LogP contribution < -0.4 is 10.3 Å². The number of fused-ring (bicyclic) bond motifs is 1. The monoisotopic (exact) mass is 414 g/mol. The lowest BCUT2D eigenvalue weighted by Gasteiger charge is -2.34. The minimum Gasteiger partial charge on any atom is -0.478 e. The topological polar surface area (TPSA) is 85.5 Å². The largest absolute Gasteiger partial charge is 0.478 e. The second-order valence-electron chi connectivity index (χ2n) is 8.96. The summed E-state index contributed by atoms with van der Waals surface area (Å²) in [5.41, 5.74) is 1.18. The Bertz CT molecular complexity index is 942. The number of hydrogen-bond acceptors (Lipinski definition) is 6. The fourth-order valence-electron chi connectivity index (χ4n) is 3.75. The molecule has 1 saturated heterocycles. The quantitative estimate of drug-likeness (QED) is 0.741. The highest BCUT2D eigenvalue weighted by Crippen LogP contribution is 2.20. The third kappa shape index (κ3) is 4.40. The molecule has 0 radical (unpaired) electrons. The second kappa shape index (κ2) is 8.22. The number of rotatable bonds is 4. The van der Waals surface area contributed by atoms with E-state index >= 15 is 0 Å². The lowest BCUT2D eigenvalue weighted by molar-refractivity contribution is 0.0624. The first-order valence-electron chi connectivity index (χ1n) is 10.6. The maximum atomic E-state index is 12.8. The van der Waals surface area contributed by atoms with Gasteiger partial charge in [0.25, 0.3) is 11.5 Å². The van der Waals surface area contributed by atoms with Gasteiger partial charge in [0.05, 0.1) is 18.8 Å². The average Bonchev–Trinajstić information content (AvgIpc) is 3.16. The molecule has 162 valence electrons. The zero-order chi connectivity index (χ0) is 21.3. The number of carbonyl (C=O) groups is 1. The van der Waals surface area contributed by atoms with Crippen molar-refractivity contribution in [3.8, 4) is 5.88 Å². The van der Waals surface area contributed by atoms with Crippen LogP contribution in [0.2, 0.25) is 0 Å². The van der Waals surface area contributed by atoms with Crippen molar-refractivity contribution in [1.29, 1.82) is 0 Å². The predicted molar refractivity (Wildman–Crippen MR) is 112 cm³/mol. The Morgan fingerprint density at radius 2 is 1.83 bits per heavy atom. The van der Waals surface area contributed by atoms with E-state index in [1.54, 1.807) is 21.5 Å². The predicted octanol–water partition coefficient (Wildman–Crippen LogP) is 0.978. The zero-order valence-electron chi connectivity index (χ0n) is 18.0. The smallest absolute Gasteiger partial charge is 0.274 e. The van der Waals surface area contributed by atoms with E-state index in [-0.39, 0.29) is 16.9 Å². The Labute approximate surface area is 176 Å². The molecule has 0 spiro atoms. The standard InChI is InChI=1S/C21H30N6O3/c1-21(2,3)17-5-6-18(28)26(23-17)13-10-24-8-11-25(12-9-24)20(29)16-15-19-27(22-16)7-4-14-30-19/h5-6,15H,4,7-14H2,1-3H3. The molecule has 0 unspecified atom stereocenters. The summed E-state index contributed by atoms with van der Waals surface area (Å²) in [4.78, 5) is 29.1. The number of carbonyl (C=O) groups excluding carboxylic acids is 1. The van der Waals surface area contributed by atoms with Gasteiger partial charge in [0.1, 0.15) is 0 Å². The first kappa shape index (κ1) is 20.6. The summed E-state index contributed by atoms with van der Waals surface area (Å²) in [6, 6.07) is 5.15. The van der Waals surface area contributed by atoms with Crippen LogP contribution >= 0.6 is 0 Å². The molecule has 0 N–H and O–H groups in total. The maximum Gasteiger partial charge on any atom is 0.274 e. The van der Waals surface area contributed by atoms with E-state index in [0.717, 1.165) is 38.3 Å². The summed E-state index contributed by atoms with van der Waals surface area (Å²) < 4.78 is 8.88. The van der Waals surface area contributed by atoms with Crippen LogP contribution in [0.4, 0.5) is 0 Å². The Hall–Kier alpha value is -2.68. The molecule has 9 nitrogen and oxygen atoms in total. The highest BCUT2D eigenvalue weighted by atomic mass is 16.5. The first-order valence-corrected chi connectivity index (χ1v) is 10.6. The molecule has 2 aromatic heterocycles. The number of aromatic nitrogens is 4. The molecule has 0 aliphatic carbocycles. The van der Waals surface area contributed by atoms with Crippen LogP contribution in [0.15, 0.2) is 23.0 Å². The molecule has 4 rings (SSSR count). The van der Waals surface area contributed by atoms with Gasteiger partial charge in [-0.3, -0.25) is 14.5 Å². The summed E-state index contributed by atoms with van der Waals surface area (Å²) in [6.07, 6.45) is 0.914. The van der Waals surface area contributed by atoms with E-state index < -0.39 is 0 Å². The average molecular weight is 415 g/mol. The fourth-order valence-corrected chi connectivity index (χ4v) is 3.75. The van der Waals surface area contributed by atoms with Crippen molar-refractivity contribution in [2.75, 3.05) is 39.3 Å². The van der Waals surface area contributed by atoms with E-state index in [9.17, 15) is 9.59 Å². The van der Waals surface area contributed by atoms with Crippen molar-refractivity contribution >= 4 is 5.91 Å². The van der Waals surface area contributed by atoms with Gasteiger partial charge in [0.15, 0.2) is 5.69 Å². The highest BCUT2D eigenvalue weighted by molar-refractivity contribution is 5.92. The lowest BCUT2D eigenvalue weighted by Crippen LogP contribution is -2.49. The number of piperazine rings is 1. The summed E-state index contributed by atoms with van der Waals surface area (Å²) in [6.45, 7) is 11.8. The Kier molecular flexibility index (Phi) is 5.64. The number of hydrogen-bond donors (Lipinski definition) is 0. The van der Waals surface area contributed by atoms with Crippen LogP contribution in [-0.2, 0) is 18.5 Å². The first-order chi connectivity index (χ1) is 14.3.